The number of ether oxygens (including phenoxy) is 1. The maximum atomic E-state index is 10.9. The van der Waals surface area contributed by atoms with Crippen LogP contribution in [0.15, 0.2) is 24.3 Å². The van der Waals surface area contributed by atoms with Gasteiger partial charge >= 0.3 is 5.97 Å². The Morgan fingerprint density at radius 1 is 1.42 bits per heavy atom. The van der Waals surface area contributed by atoms with Crippen molar-refractivity contribution in [1.82, 2.24) is 5.32 Å². The second kappa shape index (κ2) is 5.72. The van der Waals surface area contributed by atoms with Crippen LogP contribution in [0.25, 0.3) is 0 Å². The number of carboxylic acid groups (broad SMARTS) is 1. The predicted octanol–water partition coefficient (Wildman–Crippen LogP) is 2.00. The van der Waals surface area contributed by atoms with E-state index in [9.17, 15) is 4.79 Å². The van der Waals surface area contributed by atoms with E-state index in [1.54, 1.807) is 6.92 Å². The molecule has 4 heteroatoms. The van der Waals surface area contributed by atoms with Gasteiger partial charge in [0.2, 0.25) is 0 Å². The molecule has 19 heavy (non-hydrogen) atoms. The summed E-state index contributed by atoms with van der Waals surface area (Å²) in [6.45, 7) is 7.32. The Morgan fingerprint density at radius 3 is 2.53 bits per heavy atom. The lowest BCUT2D eigenvalue weighted by Gasteiger charge is -2.38. The summed E-state index contributed by atoms with van der Waals surface area (Å²) in [6, 6.07) is 7.76. The van der Waals surface area contributed by atoms with Crippen molar-refractivity contribution in [3.8, 4) is 0 Å². The first-order valence-electron chi connectivity index (χ1n) is 6.60. The molecule has 104 valence electrons. The monoisotopic (exact) mass is 263 g/mol. The fraction of sp³-hybridized carbons (Fsp3) is 0.533. The lowest BCUT2D eigenvalue weighted by molar-refractivity contribution is -0.138. The largest absolute Gasteiger partial charge is 0.481 e. The van der Waals surface area contributed by atoms with Gasteiger partial charge < -0.3 is 15.2 Å². The van der Waals surface area contributed by atoms with E-state index in [2.05, 4.69) is 12.2 Å². The van der Waals surface area contributed by atoms with E-state index in [1.807, 2.05) is 24.3 Å². The summed E-state index contributed by atoms with van der Waals surface area (Å²) < 4.78 is 5.21. The smallest absolute Gasteiger partial charge is 0.310 e. The zero-order valence-electron chi connectivity index (χ0n) is 11.5. The van der Waals surface area contributed by atoms with Crippen LogP contribution < -0.4 is 5.32 Å². The lowest BCUT2D eigenvalue weighted by atomic mass is 9.89. The summed E-state index contributed by atoms with van der Waals surface area (Å²) >= 11 is 0. The third kappa shape index (κ3) is 3.55. The van der Waals surface area contributed by atoms with Crippen molar-refractivity contribution in [2.24, 2.45) is 5.41 Å². The van der Waals surface area contributed by atoms with Crippen molar-refractivity contribution in [2.45, 2.75) is 26.3 Å². The molecule has 2 rings (SSSR count). The Balaban J connectivity index is 1.83. The van der Waals surface area contributed by atoms with Crippen LogP contribution in [-0.2, 0) is 16.1 Å². The van der Waals surface area contributed by atoms with Crippen LogP contribution in [0.3, 0.4) is 0 Å². The topological polar surface area (TPSA) is 58.6 Å². The summed E-state index contributed by atoms with van der Waals surface area (Å²) in [5.74, 6) is -1.24. The molecule has 0 radical (unpaired) electrons. The van der Waals surface area contributed by atoms with Gasteiger partial charge in [0.05, 0.1) is 19.1 Å². The van der Waals surface area contributed by atoms with Gasteiger partial charge in [0, 0.05) is 18.5 Å². The molecule has 1 saturated heterocycles. The lowest BCUT2D eigenvalue weighted by Crippen LogP contribution is -2.47. The molecule has 1 heterocycles. The first-order chi connectivity index (χ1) is 9.00. The summed E-state index contributed by atoms with van der Waals surface area (Å²) in [5.41, 5.74) is 2.29. The molecular weight excluding hydrogens is 242 g/mol. The summed E-state index contributed by atoms with van der Waals surface area (Å²) in [7, 11) is 0. The first-order valence-corrected chi connectivity index (χ1v) is 6.60. The maximum absolute atomic E-state index is 10.9. The van der Waals surface area contributed by atoms with Crippen LogP contribution in [0, 0.1) is 5.41 Å². The molecule has 4 nitrogen and oxygen atoms in total. The molecule has 0 amide bonds. The van der Waals surface area contributed by atoms with E-state index in [0.29, 0.717) is 0 Å². The Kier molecular flexibility index (Phi) is 4.22. The average molecular weight is 263 g/mol. The van der Waals surface area contributed by atoms with Gasteiger partial charge in [-0.05, 0) is 18.1 Å². The number of rotatable bonds is 6. The third-order valence-electron chi connectivity index (χ3n) is 3.63. The molecule has 1 aromatic carbocycles. The van der Waals surface area contributed by atoms with Crippen molar-refractivity contribution < 1.29 is 14.6 Å². The Hall–Kier alpha value is -1.39. The van der Waals surface area contributed by atoms with E-state index >= 15 is 0 Å². The number of aliphatic carboxylic acids is 1. The minimum Gasteiger partial charge on any atom is -0.481 e. The Morgan fingerprint density at radius 2 is 2.05 bits per heavy atom. The molecule has 1 aliphatic rings. The second-order valence-electron chi connectivity index (χ2n) is 5.71. The van der Waals surface area contributed by atoms with Crippen LogP contribution in [0.1, 0.15) is 30.9 Å². The molecule has 0 spiro atoms. The van der Waals surface area contributed by atoms with Crippen molar-refractivity contribution in [2.75, 3.05) is 19.8 Å². The molecule has 0 aromatic heterocycles. The average Bonchev–Trinajstić information content (AvgIpc) is 2.36. The van der Waals surface area contributed by atoms with Crippen LogP contribution in [0.4, 0.5) is 0 Å². The van der Waals surface area contributed by atoms with Gasteiger partial charge in [-0.25, -0.2) is 0 Å². The molecule has 1 aromatic rings. The van der Waals surface area contributed by atoms with Crippen molar-refractivity contribution in [1.29, 1.82) is 0 Å². The van der Waals surface area contributed by atoms with Crippen molar-refractivity contribution >= 4 is 5.97 Å². The SMILES string of the molecule is CC(C(=O)O)c1ccc(CNCC2(C)COC2)cc1. The fourth-order valence-corrected chi connectivity index (χ4v) is 2.13. The molecule has 1 unspecified atom stereocenters. The minimum atomic E-state index is -0.788. The fourth-order valence-electron chi connectivity index (χ4n) is 2.13. The van der Waals surface area contributed by atoms with Gasteiger partial charge in [-0.3, -0.25) is 4.79 Å². The molecule has 1 aliphatic heterocycles. The zero-order valence-corrected chi connectivity index (χ0v) is 11.5. The molecule has 1 atom stereocenters. The van der Waals surface area contributed by atoms with Gasteiger partial charge in [-0.2, -0.15) is 0 Å². The van der Waals surface area contributed by atoms with Gasteiger partial charge in [0.1, 0.15) is 0 Å². The minimum absolute atomic E-state index is 0.276. The van der Waals surface area contributed by atoms with E-state index in [1.165, 1.54) is 5.56 Å². The summed E-state index contributed by atoms with van der Waals surface area (Å²) in [5, 5.41) is 12.4. The maximum Gasteiger partial charge on any atom is 0.310 e. The van der Waals surface area contributed by atoms with Crippen LogP contribution in [-0.4, -0.2) is 30.8 Å². The van der Waals surface area contributed by atoms with Crippen molar-refractivity contribution in [3.05, 3.63) is 35.4 Å². The van der Waals surface area contributed by atoms with Crippen LogP contribution in [0.2, 0.25) is 0 Å². The molecule has 0 bridgehead atoms. The number of nitrogens with one attached hydrogen (secondary N) is 1. The van der Waals surface area contributed by atoms with E-state index < -0.39 is 11.9 Å². The molecular formula is C15H21NO3. The normalized spacial score (nSPS) is 18.6. The van der Waals surface area contributed by atoms with Crippen LogP contribution >= 0.6 is 0 Å². The standard InChI is InChI=1S/C15H21NO3/c1-11(14(17)18)13-5-3-12(4-6-13)7-16-8-15(2)9-19-10-15/h3-6,11,16H,7-10H2,1-2H3,(H,17,18). The zero-order chi connectivity index (χ0) is 13.9. The molecule has 2 N–H and O–H groups in total. The highest BCUT2D eigenvalue weighted by molar-refractivity contribution is 5.75. The first kappa shape index (κ1) is 14.0. The van der Waals surface area contributed by atoms with Gasteiger partial charge in [-0.15, -0.1) is 0 Å². The Labute approximate surface area is 113 Å². The van der Waals surface area contributed by atoms with Gasteiger partial charge in [0.25, 0.3) is 0 Å². The summed E-state index contributed by atoms with van der Waals surface area (Å²) in [4.78, 5) is 10.9. The third-order valence-corrected chi connectivity index (χ3v) is 3.63. The molecule has 0 aliphatic carbocycles. The van der Waals surface area contributed by atoms with E-state index in [4.69, 9.17) is 9.84 Å². The molecule has 0 saturated carbocycles. The summed E-state index contributed by atoms with van der Waals surface area (Å²) in [6.07, 6.45) is 0. The highest BCUT2D eigenvalue weighted by atomic mass is 16.5. The highest BCUT2D eigenvalue weighted by Gasteiger charge is 2.32. The number of hydrogen-bond acceptors (Lipinski definition) is 3. The van der Waals surface area contributed by atoms with Gasteiger partial charge in [0.15, 0.2) is 0 Å². The number of hydrogen-bond donors (Lipinski definition) is 2. The second-order valence-corrected chi connectivity index (χ2v) is 5.71. The van der Waals surface area contributed by atoms with E-state index in [-0.39, 0.29) is 5.41 Å². The van der Waals surface area contributed by atoms with E-state index in [0.717, 1.165) is 31.9 Å². The van der Waals surface area contributed by atoms with Gasteiger partial charge in [-0.1, -0.05) is 31.2 Å². The highest BCUT2D eigenvalue weighted by Crippen LogP contribution is 2.25. The quantitative estimate of drug-likeness (QED) is 0.824. The Bertz CT molecular complexity index is 437. The number of carbonyl (C=O) groups is 1. The van der Waals surface area contributed by atoms with Crippen LogP contribution in [0.5, 0.6) is 0 Å². The van der Waals surface area contributed by atoms with Crippen molar-refractivity contribution in [3.63, 3.8) is 0 Å². The molecule has 1 fully saturated rings. The number of carboxylic acids is 1. The predicted molar refractivity (Wildman–Crippen MR) is 73.1 cm³/mol. The number of benzene rings is 1.